The van der Waals surface area contributed by atoms with Crippen LogP contribution in [0.25, 0.3) is 0 Å². The van der Waals surface area contributed by atoms with Crippen molar-refractivity contribution in [2.45, 2.75) is 37.4 Å². The van der Waals surface area contributed by atoms with Crippen molar-refractivity contribution in [2.75, 3.05) is 13.2 Å². The van der Waals surface area contributed by atoms with Crippen LogP contribution in [0.1, 0.15) is 26.7 Å². The molecular weight excluding hydrogens is 294 g/mol. The Morgan fingerprint density at radius 3 is 1.71 bits per heavy atom. The summed E-state index contributed by atoms with van der Waals surface area (Å²) in [5, 5.41) is -0.200. The molecule has 0 aromatic carbocycles. The second kappa shape index (κ2) is 9.08. The van der Waals surface area contributed by atoms with E-state index in [1.54, 1.807) is 0 Å². The Balaban J connectivity index is 3.46. The van der Waals surface area contributed by atoms with Crippen LogP contribution in [-0.2, 0) is 11.5 Å². The average Bonchev–Trinajstić information content (AvgIpc) is 2.22. The maximum atomic E-state index is 11.1. The van der Waals surface area contributed by atoms with Crippen LogP contribution in [0.15, 0.2) is 0 Å². The fourth-order valence-corrected chi connectivity index (χ4v) is 2.29. The van der Waals surface area contributed by atoms with Gasteiger partial charge in [-0.25, -0.2) is 0 Å². The molecule has 0 spiro atoms. The fourth-order valence-electron chi connectivity index (χ4n) is 0.528. The van der Waals surface area contributed by atoms with E-state index in [-0.39, 0.29) is 24.0 Å². The van der Waals surface area contributed by atoms with Crippen LogP contribution in [-0.4, -0.2) is 38.5 Å². The number of alkyl halides is 2. The first-order valence-corrected chi connectivity index (χ1v) is 7.53. The SMILES string of the molecule is CCC(Cl)CO[Se](=O)OCC(Cl)CC. The van der Waals surface area contributed by atoms with Gasteiger partial charge in [-0.15, -0.1) is 0 Å². The van der Waals surface area contributed by atoms with Crippen molar-refractivity contribution in [1.29, 1.82) is 0 Å². The molecule has 0 radical (unpaired) electrons. The molecule has 3 nitrogen and oxygen atoms in total. The Morgan fingerprint density at radius 1 is 1.07 bits per heavy atom. The van der Waals surface area contributed by atoms with E-state index in [0.29, 0.717) is 0 Å². The molecule has 6 heteroatoms. The first kappa shape index (κ1) is 14.8. The Kier molecular flexibility index (Phi) is 9.61. The van der Waals surface area contributed by atoms with Crippen LogP contribution >= 0.6 is 23.2 Å². The molecule has 0 aliphatic carbocycles. The van der Waals surface area contributed by atoms with E-state index < -0.39 is 14.5 Å². The summed E-state index contributed by atoms with van der Waals surface area (Å²) in [6, 6.07) is 0. The molecule has 0 fully saturated rings. The number of hydrogen-bond acceptors (Lipinski definition) is 3. The number of halogens is 2. The zero-order valence-electron chi connectivity index (χ0n) is 8.37. The maximum absolute atomic E-state index is 11.1. The van der Waals surface area contributed by atoms with Gasteiger partial charge in [0.2, 0.25) is 0 Å². The van der Waals surface area contributed by atoms with Crippen molar-refractivity contribution in [3.8, 4) is 0 Å². The summed E-state index contributed by atoms with van der Waals surface area (Å²) in [7, 11) is 0. The van der Waals surface area contributed by atoms with E-state index in [1.807, 2.05) is 13.8 Å². The quantitative estimate of drug-likeness (QED) is 0.510. The molecule has 86 valence electrons. The Morgan fingerprint density at radius 2 is 1.43 bits per heavy atom. The van der Waals surface area contributed by atoms with Gasteiger partial charge in [0.15, 0.2) is 0 Å². The number of rotatable bonds is 8. The van der Waals surface area contributed by atoms with Crippen LogP contribution in [0, 0.1) is 0 Å². The van der Waals surface area contributed by atoms with Gasteiger partial charge in [-0.05, 0) is 0 Å². The molecule has 0 rings (SSSR count). The molecule has 0 heterocycles. The second-order valence-electron chi connectivity index (χ2n) is 2.78. The van der Waals surface area contributed by atoms with Crippen LogP contribution in [0.4, 0.5) is 0 Å². The zero-order chi connectivity index (χ0) is 11.0. The van der Waals surface area contributed by atoms with Crippen molar-refractivity contribution in [1.82, 2.24) is 0 Å². The van der Waals surface area contributed by atoms with Gasteiger partial charge < -0.3 is 0 Å². The molecular formula is C8H16Cl2O3Se. The van der Waals surface area contributed by atoms with Crippen molar-refractivity contribution in [3.05, 3.63) is 0 Å². The molecule has 2 atom stereocenters. The van der Waals surface area contributed by atoms with E-state index in [4.69, 9.17) is 30.8 Å². The molecule has 0 amide bonds. The predicted molar refractivity (Wildman–Crippen MR) is 58.2 cm³/mol. The summed E-state index contributed by atoms with van der Waals surface area (Å²) < 4.78 is 21.0. The van der Waals surface area contributed by atoms with Gasteiger partial charge in [0.05, 0.1) is 0 Å². The van der Waals surface area contributed by atoms with E-state index in [9.17, 15) is 3.83 Å². The molecule has 0 aliphatic rings. The summed E-state index contributed by atoms with van der Waals surface area (Å²) in [5.41, 5.74) is 0. The summed E-state index contributed by atoms with van der Waals surface area (Å²) in [6.07, 6.45) is 1.57. The normalized spacial score (nSPS) is 17.7. The first-order chi connectivity index (χ1) is 6.60. The Hall–Kier alpha value is 0.819. The zero-order valence-corrected chi connectivity index (χ0v) is 11.6. The van der Waals surface area contributed by atoms with Crippen molar-refractivity contribution in [3.63, 3.8) is 0 Å². The van der Waals surface area contributed by atoms with Crippen LogP contribution in [0.3, 0.4) is 0 Å². The van der Waals surface area contributed by atoms with E-state index >= 15 is 0 Å². The molecule has 0 N–H and O–H groups in total. The summed E-state index contributed by atoms with van der Waals surface area (Å²) in [6.45, 7) is 4.41. The van der Waals surface area contributed by atoms with E-state index in [1.165, 1.54) is 0 Å². The third-order valence-corrected chi connectivity index (χ3v) is 3.82. The first-order valence-electron chi connectivity index (χ1n) is 4.56. The van der Waals surface area contributed by atoms with E-state index in [0.717, 1.165) is 12.8 Å². The van der Waals surface area contributed by atoms with Gasteiger partial charge in [-0.3, -0.25) is 0 Å². The van der Waals surface area contributed by atoms with Gasteiger partial charge in [0, 0.05) is 0 Å². The van der Waals surface area contributed by atoms with Gasteiger partial charge in [-0.2, -0.15) is 0 Å². The third-order valence-electron chi connectivity index (χ3n) is 1.58. The Labute approximate surface area is 99.8 Å². The molecule has 0 saturated carbocycles. The monoisotopic (exact) mass is 310 g/mol. The van der Waals surface area contributed by atoms with Crippen LogP contribution < -0.4 is 0 Å². The third kappa shape index (κ3) is 8.15. The summed E-state index contributed by atoms with van der Waals surface area (Å²) in [5.74, 6) is 0. The van der Waals surface area contributed by atoms with E-state index in [2.05, 4.69) is 0 Å². The summed E-state index contributed by atoms with van der Waals surface area (Å²) >= 11 is 8.91. The van der Waals surface area contributed by atoms with Gasteiger partial charge >= 0.3 is 99.8 Å². The van der Waals surface area contributed by atoms with Gasteiger partial charge in [-0.1, -0.05) is 0 Å². The topological polar surface area (TPSA) is 35.5 Å². The molecule has 2 unspecified atom stereocenters. The second-order valence-corrected chi connectivity index (χ2v) is 5.86. The predicted octanol–water partition coefficient (Wildman–Crippen LogP) is 2.47. The summed E-state index contributed by atoms with van der Waals surface area (Å²) in [4.78, 5) is 0. The minimum absolute atomic E-state index is 0.100. The Bertz CT molecular complexity index is 153. The average molecular weight is 310 g/mol. The van der Waals surface area contributed by atoms with Crippen molar-refractivity contribution in [2.24, 2.45) is 0 Å². The molecule has 0 bridgehead atoms. The van der Waals surface area contributed by atoms with Crippen molar-refractivity contribution < 1.29 is 11.5 Å². The van der Waals surface area contributed by atoms with Crippen LogP contribution in [0.5, 0.6) is 0 Å². The minimum atomic E-state index is -2.63. The van der Waals surface area contributed by atoms with Gasteiger partial charge in [0.1, 0.15) is 0 Å². The fraction of sp³-hybridized carbons (Fsp3) is 1.00. The van der Waals surface area contributed by atoms with Crippen LogP contribution in [0.2, 0.25) is 0 Å². The molecule has 14 heavy (non-hydrogen) atoms. The molecule has 0 aliphatic heterocycles. The molecule has 0 aromatic rings. The van der Waals surface area contributed by atoms with Crippen molar-refractivity contribution >= 4 is 37.7 Å². The number of hydrogen-bond donors (Lipinski definition) is 0. The van der Waals surface area contributed by atoms with Gasteiger partial charge in [0.25, 0.3) is 0 Å². The molecule has 0 aromatic heterocycles. The molecule has 0 saturated heterocycles. The standard InChI is InChI=1S/C8H16Cl2O3Se/c1-3-7(9)5-12-14(11)13-6-8(10)4-2/h7-8H,3-6H2,1-2H3.